The largest absolute Gasteiger partial charge is 0.508 e. The van der Waals surface area contributed by atoms with Crippen LogP contribution < -0.4 is 0 Å². The maximum atomic E-state index is 12.6. The topological polar surface area (TPSA) is 38.8 Å². The SMILES string of the molecule is CCC[C@]1(C)C(C2C=CC3CC(OC(=O)OC4CCN(C)CC4)CC[C@@]3(C)C2)CC[C@H]1C(C)CCCC(C)C. The van der Waals surface area contributed by atoms with Crippen molar-refractivity contribution < 1.29 is 14.3 Å². The van der Waals surface area contributed by atoms with Crippen LogP contribution in [0.3, 0.4) is 0 Å². The Morgan fingerprint density at radius 1 is 0.974 bits per heavy atom. The number of hydrogen-bond donors (Lipinski definition) is 0. The molecule has 224 valence electrons. The van der Waals surface area contributed by atoms with Gasteiger partial charge in [0.2, 0.25) is 0 Å². The third-order valence-corrected chi connectivity index (χ3v) is 11.8. The number of hydrogen-bond acceptors (Lipinski definition) is 4. The molecule has 0 amide bonds. The molecule has 4 aliphatic rings. The number of nitrogens with zero attached hydrogens (tertiary/aromatic N) is 1. The first-order valence-electron chi connectivity index (χ1n) is 16.8. The van der Waals surface area contributed by atoms with E-state index in [0.717, 1.165) is 68.9 Å². The van der Waals surface area contributed by atoms with Crippen LogP contribution in [-0.2, 0) is 9.47 Å². The Balaban J connectivity index is 1.34. The summed E-state index contributed by atoms with van der Waals surface area (Å²) in [6, 6.07) is 0. The molecule has 0 aromatic rings. The summed E-state index contributed by atoms with van der Waals surface area (Å²) in [5.41, 5.74) is 0.785. The molecule has 3 aliphatic carbocycles. The molecule has 1 aliphatic heterocycles. The number of ether oxygens (including phenoxy) is 2. The molecule has 0 bridgehead atoms. The summed E-state index contributed by atoms with van der Waals surface area (Å²) in [6.45, 7) is 16.9. The van der Waals surface area contributed by atoms with E-state index < -0.39 is 6.16 Å². The second kappa shape index (κ2) is 13.3. The lowest BCUT2D eigenvalue weighted by Gasteiger charge is -2.50. The zero-order chi connectivity index (χ0) is 28.2. The third kappa shape index (κ3) is 7.44. The molecule has 2 saturated carbocycles. The molecule has 0 N–H and O–H groups in total. The van der Waals surface area contributed by atoms with Gasteiger partial charge in [0.25, 0.3) is 0 Å². The monoisotopic (exact) mass is 543 g/mol. The molecular weight excluding hydrogens is 482 g/mol. The Morgan fingerprint density at radius 2 is 1.69 bits per heavy atom. The smallest absolute Gasteiger partial charge is 0.431 e. The molecule has 4 heteroatoms. The summed E-state index contributed by atoms with van der Waals surface area (Å²) in [5.74, 6) is 4.54. The van der Waals surface area contributed by atoms with Crippen LogP contribution in [0.2, 0.25) is 0 Å². The van der Waals surface area contributed by atoms with Crippen LogP contribution in [0, 0.1) is 46.3 Å². The predicted molar refractivity (Wildman–Crippen MR) is 162 cm³/mol. The molecule has 0 aromatic heterocycles. The van der Waals surface area contributed by atoms with Crippen molar-refractivity contribution in [3.05, 3.63) is 12.2 Å². The van der Waals surface area contributed by atoms with Gasteiger partial charge in [-0.3, -0.25) is 0 Å². The number of fused-ring (bicyclic) bond motifs is 1. The van der Waals surface area contributed by atoms with Gasteiger partial charge in [-0.05, 0) is 111 Å². The molecular formula is C35H61NO3. The average molecular weight is 544 g/mol. The Morgan fingerprint density at radius 3 is 2.38 bits per heavy atom. The molecule has 0 aromatic carbocycles. The van der Waals surface area contributed by atoms with Crippen molar-refractivity contribution in [1.29, 1.82) is 0 Å². The second-order valence-electron chi connectivity index (χ2n) is 15.2. The number of likely N-dealkylation sites (tertiary alicyclic amines) is 1. The summed E-state index contributed by atoms with van der Waals surface area (Å²) in [6.07, 6.45) is 20.6. The molecule has 8 atom stereocenters. The molecule has 5 unspecified atom stereocenters. The van der Waals surface area contributed by atoms with Crippen molar-refractivity contribution in [3.63, 3.8) is 0 Å². The Hall–Kier alpha value is -1.03. The Kier molecular flexibility index (Phi) is 10.5. The highest BCUT2D eigenvalue weighted by Gasteiger charge is 2.52. The van der Waals surface area contributed by atoms with E-state index in [1.165, 1.54) is 51.4 Å². The predicted octanol–water partition coefficient (Wildman–Crippen LogP) is 9.28. The number of carbonyl (C=O) groups excluding carboxylic acids is 1. The minimum absolute atomic E-state index is 0.00375. The first-order valence-corrected chi connectivity index (χ1v) is 16.8. The van der Waals surface area contributed by atoms with Crippen LogP contribution in [0.4, 0.5) is 4.79 Å². The summed E-state index contributed by atoms with van der Waals surface area (Å²) in [5, 5.41) is 0. The fraction of sp³-hybridized carbons (Fsp3) is 0.914. The van der Waals surface area contributed by atoms with Crippen LogP contribution >= 0.6 is 0 Å². The highest BCUT2D eigenvalue weighted by Crippen LogP contribution is 2.61. The highest BCUT2D eigenvalue weighted by atomic mass is 16.7. The fourth-order valence-corrected chi connectivity index (χ4v) is 9.49. The maximum absolute atomic E-state index is 12.6. The first-order chi connectivity index (χ1) is 18.5. The Labute approximate surface area is 241 Å². The van der Waals surface area contributed by atoms with Gasteiger partial charge < -0.3 is 14.4 Å². The zero-order valence-electron chi connectivity index (χ0n) is 26.6. The normalized spacial score (nSPS) is 38.5. The van der Waals surface area contributed by atoms with Gasteiger partial charge in [-0.25, -0.2) is 4.79 Å². The van der Waals surface area contributed by atoms with Crippen LogP contribution in [0.5, 0.6) is 0 Å². The van der Waals surface area contributed by atoms with Gasteiger partial charge in [-0.1, -0.05) is 79.4 Å². The molecule has 3 fully saturated rings. The highest BCUT2D eigenvalue weighted by molar-refractivity contribution is 5.60. The molecule has 39 heavy (non-hydrogen) atoms. The van der Waals surface area contributed by atoms with Crippen molar-refractivity contribution in [3.8, 4) is 0 Å². The molecule has 4 nitrogen and oxygen atoms in total. The summed E-state index contributed by atoms with van der Waals surface area (Å²) in [7, 11) is 2.13. The minimum atomic E-state index is -0.439. The number of piperidine rings is 1. The van der Waals surface area contributed by atoms with Gasteiger partial charge >= 0.3 is 6.16 Å². The lowest BCUT2D eigenvalue weighted by molar-refractivity contribution is -0.0491. The number of allylic oxidation sites excluding steroid dienone is 2. The van der Waals surface area contributed by atoms with Crippen LogP contribution in [0.15, 0.2) is 12.2 Å². The number of carbonyl (C=O) groups is 1. The van der Waals surface area contributed by atoms with E-state index in [9.17, 15) is 4.79 Å². The molecule has 4 rings (SSSR count). The van der Waals surface area contributed by atoms with Crippen LogP contribution in [0.1, 0.15) is 125 Å². The van der Waals surface area contributed by atoms with E-state index >= 15 is 0 Å². The van der Waals surface area contributed by atoms with E-state index in [1.54, 1.807) is 0 Å². The van der Waals surface area contributed by atoms with E-state index in [-0.39, 0.29) is 12.2 Å². The summed E-state index contributed by atoms with van der Waals surface area (Å²) >= 11 is 0. The van der Waals surface area contributed by atoms with E-state index in [4.69, 9.17) is 9.47 Å². The molecule has 1 saturated heterocycles. The summed E-state index contributed by atoms with van der Waals surface area (Å²) < 4.78 is 11.6. The van der Waals surface area contributed by atoms with E-state index in [0.29, 0.717) is 22.7 Å². The van der Waals surface area contributed by atoms with E-state index in [1.807, 2.05) is 0 Å². The summed E-state index contributed by atoms with van der Waals surface area (Å²) in [4.78, 5) is 14.9. The van der Waals surface area contributed by atoms with E-state index in [2.05, 4.69) is 65.6 Å². The quantitative estimate of drug-likeness (QED) is 0.203. The maximum Gasteiger partial charge on any atom is 0.508 e. The number of rotatable bonds is 10. The molecule has 1 heterocycles. The fourth-order valence-electron chi connectivity index (χ4n) is 9.49. The van der Waals surface area contributed by atoms with Gasteiger partial charge in [0, 0.05) is 13.1 Å². The average Bonchev–Trinajstić information content (AvgIpc) is 3.21. The second-order valence-corrected chi connectivity index (χ2v) is 15.2. The Bertz CT molecular complexity index is 817. The van der Waals surface area contributed by atoms with Crippen LogP contribution in [-0.4, -0.2) is 43.4 Å². The molecule has 0 spiro atoms. The first kappa shape index (κ1) is 30.9. The minimum Gasteiger partial charge on any atom is -0.431 e. The van der Waals surface area contributed by atoms with Crippen molar-refractivity contribution in [2.45, 2.75) is 137 Å². The standard InChI is InChI=1S/C35H61NO3/c1-8-19-35(6)31(26(4)11-9-10-25(2)3)14-15-32(35)27-12-13-28-23-30(16-20-34(28,5)24-27)39-33(37)38-29-17-21-36(7)22-18-29/h12-13,25-32H,8-11,14-24H2,1-7H3/t26?,27?,28?,30?,31-,32?,34-,35-/m0/s1. The zero-order valence-corrected chi connectivity index (χ0v) is 26.6. The van der Waals surface area contributed by atoms with Crippen molar-refractivity contribution in [2.75, 3.05) is 20.1 Å². The van der Waals surface area contributed by atoms with Gasteiger partial charge in [-0.2, -0.15) is 0 Å². The molecule has 0 radical (unpaired) electrons. The van der Waals surface area contributed by atoms with Gasteiger partial charge in [-0.15, -0.1) is 0 Å². The van der Waals surface area contributed by atoms with Gasteiger partial charge in [0.05, 0.1) is 0 Å². The lowest BCUT2D eigenvalue weighted by atomic mass is 9.55. The van der Waals surface area contributed by atoms with Crippen molar-refractivity contribution in [1.82, 2.24) is 4.90 Å². The van der Waals surface area contributed by atoms with Crippen molar-refractivity contribution >= 4 is 6.16 Å². The lowest BCUT2D eigenvalue weighted by Crippen LogP contribution is -2.44. The van der Waals surface area contributed by atoms with Gasteiger partial charge in [0.1, 0.15) is 12.2 Å². The van der Waals surface area contributed by atoms with Crippen molar-refractivity contribution in [2.24, 2.45) is 46.3 Å². The van der Waals surface area contributed by atoms with Gasteiger partial charge in [0.15, 0.2) is 0 Å². The third-order valence-electron chi connectivity index (χ3n) is 11.8. The van der Waals surface area contributed by atoms with Crippen LogP contribution in [0.25, 0.3) is 0 Å².